The van der Waals surface area contributed by atoms with Gasteiger partial charge in [0.05, 0.1) is 10.4 Å². The van der Waals surface area contributed by atoms with Crippen molar-refractivity contribution in [2.75, 3.05) is 0 Å². The van der Waals surface area contributed by atoms with Crippen molar-refractivity contribution < 1.29 is 14.3 Å². The molecule has 0 aliphatic heterocycles. The maximum atomic E-state index is 13.5. The highest BCUT2D eigenvalue weighted by atomic mass is 35.5. The summed E-state index contributed by atoms with van der Waals surface area (Å²) in [4.78, 5) is 11.1. The van der Waals surface area contributed by atoms with Crippen LogP contribution in [0.5, 0.6) is 0 Å². The molecule has 0 heterocycles. The highest BCUT2D eigenvalue weighted by Crippen LogP contribution is 2.51. The highest BCUT2D eigenvalue weighted by molar-refractivity contribution is 6.32. The molecule has 1 aromatic rings. The van der Waals surface area contributed by atoms with Crippen LogP contribution < -0.4 is 0 Å². The van der Waals surface area contributed by atoms with Crippen LogP contribution in [0.2, 0.25) is 5.02 Å². The van der Waals surface area contributed by atoms with Gasteiger partial charge in [0.2, 0.25) is 0 Å². The Balaban J connectivity index is 2.55. The number of rotatable bonds is 2. The number of aliphatic carboxylic acids is 1. The lowest BCUT2D eigenvalue weighted by Gasteiger charge is -2.13. The number of benzene rings is 1. The summed E-state index contributed by atoms with van der Waals surface area (Å²) in [6.07, 6.45) is 1.06. The maximum Gasteiger partial charge on any atom is 0.314 e. The van der Waals surface area contributed by atoms with Crippen LogP contribution in [-0.2, 0) is 10.2 Å². The topological polar surface area (TPSA) is 37.3 Å². The van der Waals surface area contributed by atoms with E-state index in [2.05, 4.69) is 0 Å². The van der Waals surface area contributed by atoms with Gasteiger partial charge in [0.15, 0.2) is 0 Å². The molecule has 15 heavy (non-hydrogen) atoms. The van der Waals surface area contributed by atoms with Crippen molar-refractivity contribution in [3.63, 3.8) is 0 Å². The van der Waals surface area contributed by atoms with Crippen LogP contribution in [0.4, 0.5) is 4.39 Å². The summed E-state index contributed by atoms with van der Waals surface area (Å²) in [5.74, 6) is -1.44. The standard InChI is InChI=1S/C11H10ClFO2/c1-6-2-3-7(8(12)9(6)13)11(4-5-11)10(14)15/h2-3H,4-5H2,1H3,(H,14,15). The average molecular weight is 229 g/mol. The highest BCUT2D eigenvalue weighted by Gasteiger charge is 2.53. The third kappa shape index (κ3) is 1.42. The molecule has 1 fully saturated rings. The Kier molecular flexibility index (Phi) is 2.23. The summed E-state index contributed by atoms with van der Waals surface area (Å²) in [5.41, 5.74) is -0.101. The van der Waals surface area contributed by atoms with E-state index >= 15 is 0 Å². The third-order valence-corrected chi connectivity index (χ3v) is 3.32. The summed E-state index contributed by atoms with van der Waals surface area (Å²) >= 11 is 5.83. The molecular formula is C11H10ClFO2. The minimum absolute atomic E-state index is 0.0464. The molecule has 0 unspecified atom stereocenters. The van der Waals surface area contributed by atoms with Gasteiger partial charge in [0.1, 0.15) is 5.82 Å². The first-order valence-corrected chi connectivity index (χ1v) is 5.05. The van der Waals surface area contributed by atoms with E-state index in [-0.39, 0.29) is 5.02 Å². The van der Waals surface area contributed by atoms with Crippen molar-refractivity contribution >= 4 is 17.6 Å². The smallest absolute Gasteiger partial charge is 0.314 e. The fourth-order valence-electron chi connectivity index (χ4n) is 1.74. The Hall–Kier alpha value is -1.09. The van der Waals surface area contributed by atoms with Gasteiger partial charge in [-0.05, 0) is 30.9 Å². The molecule has 0 aromatic heterocycles. The Labute approximate surface area is 91.7 Å². The summed E-state index contributed by atoms with van der Waals surface area (Å²) in [5, 5.41) is 9.01. The SMILES string of the molecule is Cc1ccc(C2(C(=O)O)CC2)c(Cl)c1F. The summed E-state index contributed by atoms with van der Waals surface area (Å²) in [7, 11) is 0. The fourth-order valence-corrected chi connectivity index (χ4v) is 2.13. The molecule has 0 saturated heterocycles. The van der Waals surface area contributed by atoms with Crippen LogP contribution in [0.1, 0.15) is 24.0 Å². The first kappa shape index (κ1) is 10.4. The summed E-state index contributed by atoms with van der Waals surface area (Å²) in [6.45, 7) is 1.60. The molecule has 2 nitrogen and oxygen atoms in total. The molecule has 2 rings (SSSR count). The second kappa shape index (κ2) is 3.20. The molecule has 0 amide bonds. The predicted octanol–water partition coefficient (Wildman–Crippen LogP) is 2.90. The number of halogens is 2. The van der Waals surface area contributed by atoms with Crippen LogP contribution in [0, 0.1) is 12.7 Å². The first-order valence-electron chi connectivity index (χ1n) is 4.67. The van der Waals surface area contributed by atoms with Crippen molar-refractivity contribution in [1.29, 1.82) is 0 Å². The van der Waals surface area contributed by atoms with Crippen LogP contribution in [0.15, 0.2) is 12.1 Å². The number of hydrogen-bond acceptors (Lipinski definition) is 1. The van der Waals surface area contributed by atoms with Gasteiger partial charge in [0.25, 0.3) is 0 Å². The van der Waals surface area contributed by atoms with Gasteiger partial charge in [0, 0.05) is 0 Å². The molecule has 4 heteroatoms. The van der Waals surface area contributed by atoms with E-state index in [0.717, 1.165) is 0 Å². The van der Waals surface area contributed by atoms with E-state index in [9.17, 15) is 9.18 Å². The summed E-state index contributed by atoms with van der Waals surface area (Å²) < 4.78 is 13.5. The van der Waals surface area contributed by atoms with Crippen LogP contribution in [0.3, 0.4) is 0 Å². The van der Waals surface area contributed by atoms with Crippen molar-refractivity contribution in [2.45, 2.75) is 25.2 Å². The van der Waals surface area contributed by atoms with Crippen molar-refractivity contribution in [1.82, 2.24) is 0 Å². The third-order valence-electron chi connectivity index (χ3n) is 2.95. The van der Waals surface area contributed by atoms with Crippen molar-refractivity contribution in [3.8, 4) is 0 Å². The van der Waals surface area contributed by atoms with Gasteiger partial charge in [-0.25, -0.2) is 4.39 Å². The molecule has 1 N–H and O–H groups in total. The van der Waals surface area contributed by atoms with Gasteiger partial charge in [-0.15, -0.1) is 0 Å². The lowest BCUT2D eigenvalue weighted by atomic mass is 9.95. The zero-order valence-corrected chi connectivity index (χ0v) is 8.94. The molecule has 0 radical (unpaired) electrons. The molecule has 0 spiro atoms. The van der Waals surface area contributed by atoms with E-state index in [1.165, 1.54) is 0 Å². The molecule has 80 valence electrons. The van der Waals surface area contributed by atoms with Gasteiger partial charge < -0.3 is 5.11 Å². The molecule has 0 bridgehead atoms. The Morgan fingerprint density at radius 2 is 2.13 bits per heavy atom. The molecular weight excluding hydrogens is 219 g/mol. The molecule has 1 aromatic carbocycles. The van der Waals surface area contributed by atoms with E-state index in [1.807, 2.05) is 0 Å². The number of aryl methyl sites for hydroxylation is 1. The van der Waals surface area contributed by atoms with Crippen molar-refractivity contribution in [2.24, 2.45) is 0 Å². The van der Waals surface area contributed by atoms with E-state index in [0.29, 0.717) is 24.0 Å². The normalized spacial score (nSPS) is 17.5. The van der Waals surface area contributed by atoms with Crippen LogP contribution in [0.25, 0.3) is 0 Å². The van der Waals surface area contributed by atoms with Crippen LogP contribution >= 0.6 is 11.6 Å². The van der Waals surface area contributed by atoms with E-state index in [4.69, 9.17) is 16.7 Å². The molecule has 1 saturated carbocycles. The fraction of sp³-hybridized carbons (Fsp3) is 0.364. The van der Waals surface area contributed by atoms with Gasteiger partial charge in [-0.3, -0.25) is 4.79 Å². The lowest BCUT2D eigenvalue weighted by molar-refractivity contribution is -0.140. The number of carboxylic acid groups (broad SMARTS) is 1. The van der Waals surface area contributed by atoms with Crippen LogP contribution in [-0.4, -0.2) is 11.1 Å². The van der Waals surface area contributed by atoms with Crippen molar-refractivity contribution in [3.05, 3.63) is 34.1 Å². The second-order valence-corrected chi connectivity index (χ2v) is 4.32. The summed E-state index contributed by atoms with van der Waals surface area (Å²) in [6, 6.07) is 3.18. The average Bonchev–Trinajstić information content (AvgIpc) is 2.95. The largest absolute Gasteiger partial charge is 0.481 e. The number of carbonyl (C=O) groups is 1. The quantitative estimate of drug-likeness (QED) is 0.845. The minimum atomic E-state index is -0.939. The molecule has 0 atom stereocenters. The molecule has 1 aliphatic carbocycles. The molecule has 1 aliphatic rings. The van der Waals surface area contributed by atoms with E-state index in [1.54, 1.807) is 19.1 Å². The Morgan fingerprint density at radius 1 is 1.53 bits per heavy atom. The van der Waals surface area contributed by atoms with Gasteiger partial charge >= 0.3 is 5.97 Å². The van der Waals surface area contributed by atoms with Gasteiger partial charge in [-0.1, -0.05) is 23.7 Å². The number of hydrogen-bond donors (Lipinski definition) is 1. The Bertz CT molecular complexity index is 438. The minimum Gasteiger partial charge on any atom is -0.481 e. The first-order chi connectivity index (χ1) is 6.99. The zero-order valence-electron chi connectivity index (χ0n) is 8.18. The van der Waals surface area contributed by atoms with E-state index < -0.39 is 17.2 Å². The monoisotopic (exact) mass is 228 g/mol. The van der Waals surface area contributed by atoms with Gasteiger partial charge in [-0.2, -0.15) is 0 Å². The maximum absolute atomic E-state index is 13.5. The zero-order chi connectivity index (χ0) is 11.2. The second-order valence-electron chi connectivity index (χ2n) is 3.95. The number of carboxylic acids is 1. The predicted molar refractivity (Wildman–Crippen MR) is 54.7 cm³/mol. The lowest BCUT2D eigenvalue weighted by Crippen LogP contribution is -2.20. The Morgan fingerprint density at radius 3 is 2.60 bits per heavy atom.